The van der Waals surface area contributed by atoms with E-state index in [4.69, 9.17) is 23.7 Å². The zero-order valence-corrected chi connectivity index (χ0v) is 29.2. The summed E-state index contributed by atoms with van der Waals surface area (Å²) >= 11 is 0. The molecule has 1 unspecified atom stereocenters. The molecule has 1 saturated heterocycles. The van der Waals surface area contributed by atoms with Crippen LogP contribution in [0.3, 0.4) is 0 Å². The molecule has 2 heterocycles. The third kappa shape index (κ3) is 6.28. The highest BCUT2D eigenvalue weighted by Crippen LogP contribution is 2.62. The first-order valence-corrected chi connectivity index (χ1v) is 18.2. The first-order chi connectivity index (χ1) is 23.3. The summed E-state index contributed by atoms with van der Waals surface area (Å²) < 4.78 is 60.0. The zero-order valence-electron chi connectivity index (χ0n) is 28.4. The Hall–Kier alpha value is -3.71. The molecule has 2 N–H and O–H groups in total. The second-order valence-corrected chi connectivity index (χ2v) is 15.5. The Morgan fingerprint density at radius 2 is 1.86 bits per heavy atom. The summed E-state index contributed by atoms with van der Waals surface area (Å²) in [6.45, 7) is 11.5. The van der Waals surface area contributed by atoms with Crippen molar-refractivity contribution in [1.29, 1.82) is 0 Å². The first kappa shape index (κ1) is 35.1. The zero-order chi connectivity index (χ0) is 35.2. The third-order valence-corrected chi connectivity index (χ3v) is 12.1. The molecule has 5 aliphatic rings. The van der Waals surface area contributed by atoms with E-state index in [-0.39, 0.29) is 22.6 Å². The lowest BCUT2D eigenvalue weighted by Crippen LogP contribution is -2.58. The van der Waals surface area contributed by atoms with Crippen LogP contribution < -0.4 is 4.72 Å². The lowest BCUT2D eigenvalue weighted by molar-refractivity contribution is -0.165. The fourth-order valence-corrected chi connectivity index (χ4v) is 9.38. The molecule has 0 aromatic heterocycles. The van der Waals surface area contributed by atoms with Gasteiger partial charge in [-0.1, -0.05) is 75.1 Å². The number of amides is 1. The lowest BCUT2D eigenvalue weighted by atomic mass is 9.57. The Labute approximate surface area is 287 Å². The summed E-state index contributed by atoms with van der Waals surface area (Å²) in [5, 5.41) is 10.7. The van der Waals surface area contributed by atoms with Crippen molar-refractivity contribution in [3.63, 3.8) is 0 Å². The number of aliphatic hydroxyl groups excluding tert-OH is 1. The molecule has 1 saturated carbocycles. The summed E-state index contributed by atoms with van der Waals surface area (Å²) in [7, 11) is -2.67. The van der Waals surface area contributed by atoms with Gasteiger partial charge < -0.3 is 28.8 Å². The van der Waals surface area contributed by atoms with Crippen LogP contribution in [-0.2, 0) is 38.5 Å². The van der Waals surface area contributed by atoms with Gasteiger partial charge in [-0.15, -0.1) is 0 Å². The molecule has 2 fully saturated rings. The van der Waals surface area contributed by atoms with E-state index in [9.17, 15) is 23.1 Å². The Kier molecular flexibility index (Phi) is 9.71. The van der Waals surface area contributed by atoms with Gasteiger partial charge in [0.1, 0.15) is 41.9 Å². The van der Waals surface area contributed by atoms with Crippen molar-refractivity contribution in [1.82, 2.24) is 4.72 Å². The molecule has 49 heavy (non-hydrogen) atoms. The Balaban J connectivity index is 1.43. The van der Waals surface area contributed by atoms with Crippen LogP contribution in [0.15, 0.2) is 95.2 Å². The van der Waals surface area contributed by atoms with Crippen LogP contribution in [0.1, 0.15) is 40.5 Å². The van der Waals surface area contributed by atoms with Crippen LogP contribution in [0.4, 0.5) is 4.79 Å². The summed E-state index contributed by atoms with van der Waals surface area (Å²) in [5.41, 5.74) is 0.250. The van der Waals surface area contributed by atoms with Crippen LogP contribution in [0.2, 0.25) is 0 Å². The van der Waals surface area contributed by atoms with Crippen LogP contribution in [0.25, 0.3) is 0 Å². The predicted octanol–water partition coefficient (Wildman–Crippen LogP) is 4.75. The van der Waals surface area contributed by atoms with Crippen molar-refractivity contribution in [3.8, 4) is 0 Å². The van der Waals surface area contributed by atoms with Crippen LogP contribution in [0.5, 0.6) is 0 Å². The minimum absolute atomic E-state index is 0.0857. The van der Waals surface area contributed by atoms with Crippen molar-refractivity contribution in [2.75, 3.05) is 7.11 Å². The second-order valence-electron chi connectivity index (χ2n) is 13.8. The maximum atomic E-state index is 13.6. The van der Waals surface area contributed by atoms with E-state index in [2.05, 4.69) is 17.4 Å². The molecule has 3 aliphatic carbocycles. The summed E-state index contributed by atoms with van der Waals surface area (Å²) in [5.74, 6) is -2.17. The Morgan fingerprint density at radius 1 is 1.12 bits per heavy atom. The highest BCUT2D eigenvalue weighted by atomic mass is 32.2. The highest BCUT2D eigenvalue weighted by molar-refractivity contribution is 7.90. The number of rotatable bonds is 7. The van der Waals surface area contributed by atoms with Crippen molar-refractivity contribution >= 4 is 22.1 Å². The first-order valence-electron chi connectivity index (χ1n) is 16.7. The summed E-state index contributed by atoms with van der Waals surface area (Å²) in [6.07, 6.45) is 6.77. The molecule has 2 aliphatic heterocycles. The number of carbonyl (C=O) groups excluding carboxylic acids is 2. The SMILES string of the molecule is C=C1O[C@H]([C@@H](C)O)[C@H](C)/C=C(\C)[C@]23O[C@@H]4[C@H](C=CC2C[C@@H]1OC)[C@H]3[C@H](OC(=O)NS(=O)(=O)c1ccccc1)[C@@H](C)[C@H]4OC(=O)C1=CC=CC1. The number of benzene rings is 1. The number of sulfonamides is 1. The van der Waals surface area contributed by atoms with Gasteiger partial charge in [-0.3, -0.25) is 0 Å². The number of hydrogen-bond acceptors (Lipinski definition) is 10. The minimum atomic E-state index is -4.24. The smallest absolute Gasteiger partial charge is 0.421 e. The molecule has 12 heteroatoms. The molecular formula is C37H45NO10S. The van der Waals surface area contributed by atoms with Gasteiger partial charge in [0.2, 0.25) is 0 Å². The number of esters is 1. The quantitative estimate of drug-likeness (QED) is 0.303. The monoisotopic (exact) mass is 695 g/mol. The van der Waals surface area contributed by atoms with Gasteiger partial charge in [0.15, 0.2) is 0 Å². The van der Waals surface area contributed by atoms with Crippen molar-refractivity contribution in [2.24, 2.45) is 29.6 Å². The van der Waals surface area contributed by atoms with Gasteiger partial charge in [0, 0.05) is 42.3 Å². The van der Waals surface area contributed by atoms with Crippen molar-refractivity contribution in [3.05, 3.63) is 90.3 Å². The van der Waals surface area contributed by atoms with E-state index < -0.39 is 76.1 Å². The lowest BCUT2D eigenvalue weighted by Gasteiger charge is -2.49. The van der Waals surface area contributed by atoms with E-state index in [1.165, 1.54) is 12.1 Å². The van der Waals surface area contributed by atoms with Gasteiger partial charge in [-0.05, 0) is 44.4 Å². The topological polar surface area (TPSA) is 147 Å². The molecular weight excluding hydrogens is 650 g/mol. The molecule has 264 valence electrons. The number of nitrogens with one attached hydrogen (secondary N) is 1. The van der Waals surface area contributed by atoms with Crippen LogP contribution in [0, 0.1) is 29.6 Å². The van der Waals surface area contributed by atoms with E-state index in [1.807, 2.05) is 39.0 Å². The molecule has 11 nitrogen and oxygen atoms in total. The van der Waals surface area contributed by atoms with Gasteiger partial charge >= 0.3 is 12.1 Å². The average molecular weight is 696 g/mol. The molecule has 1 amide bonds. The number of allylic oxidation sites excluding steroid dienone is 3. The molecule has 1 aromatic rings. The maximum absolute atomic E-state index is 13.6. The summed E-state index contributed by atoms with van der Waals surface area (Å²) in [6, 6.07) is 7.56. The van der Waals surface area contributed by atoms with Crippen LogP contribution in [-0.4, -0.2) is 74.9 Å². The van der Waals surface area contributed by atoms with Gasteiger partial charge in [0.05, 0.1) is 11.0 Å². The highest BCUT2D eigenvalue weighted by Gasteiger charge is 2.70. The Morgan fingerprint density at radius 3 is 2.51 bits per heavy atom. The number of aliphatic hydroxyl groups is 1. The standard InChI is InChI=1S/C37H45NO10S/c1-20-18-21(2)37-26(19-29(44-6)24(5)45-31(20)23(4)39)16-17-28-30(37)32(47-36(41)38-49(42,43)27-14-8-7-9-15-27)22(3)33(34(28)48-37)46-35(40)25-12-10-11-13-25/h7-12,14-18,20,22-23,26,28-34,39H,5,13,19H2,1-4,6H3,(H,38,41)/b21-18+/t20-,22-,23-,26?,28-,29+,30+,31+,32-,33-,34-,37+/m1/s1. The number of ether oxygens (including phenoxy) is 5. The largest absolute Gasteiger partial charge is 0.489 e. The molecule has 12 atom stereocenters. The van der Waals surface area contributed by atoms with E-state index in [0.29, 0.717) is 24.2 Å². The number of hydrogen-bond donors (Lipinski definition) is 2. The maximum Gasteiger partial charge on any atom is 0.421 e. The van der Waals surface area contributed by atoms with Crippen LogP contribution >= 0.6 is 0 Å². The molecule has 0 radical (unpaired) electrons. The van der Waals surface area contributed by atoms with Gasteiger partial charge in [-0.2, -0.15) is 0 Å². The Bertz CT molecular complexity index is 1700. The molecule has 1 spiro atoms. The van der Waals surface area contributed by atoms with Crippen molar-refractivity contribution in [2.45, 2.75) is 87.7 Å². The fraction of sp³-hybridized carbons (Fsp3) is 0.514. The van der Waals surface area contributed by atoms with Crippen molar-refractivity contribution < 1.29 is 46.8 Å². The minimum Gasteiger partial charge on any atom is -0.489 e. The molecule has 6 rings (SSSR count). The third-order valence-electron chi connectivity index (χ3n) is 10.8. The molecule has 4 bridgehead atoms. The second kappa shape index (κ2) is 13.5. The molecule has 1 aromatic carbocycles. The average Bonchev–Trinajstić information content (AvgIpc) is 3.66. The predicted molar refractivity (Wildman–Crippen MR) is 179 cm³/mol. The number of carbonyl (C=O) groups is 2. The van der Waals surface area contributed by atoms with E-state index in [0.717, 1.165) is 5.57 Å². The van der Waals surface area contributed by atoms with E-state index in [1.54, 1.807) is 44.4 Å². The number of methoxy groups -OCH3 is 1. The fourth-order valence-electron chi connectivity index (χ4n) is 8.48. The summed E-state index contributed by atoms with van der Waals surface area (Å²) in [4.78, 5) is 26.9. The van der Waals surface area contributed by atoms with E-state index >= 15 is 0 Å². The normalized spacial score (nSPS) is 38.3. The van der Waals surface area contributed by atoms with Gasteiger partial charge in [-0.25, -0.2) is 22.7 Å². The van der Waals surface area contributed by atoms with Gasteiger partial charge in [0.25, 0.3) is 10.0 Å².